The van der Waals surface area contributed by atoms with E-state index in [0.29, 0.717) is 12.1 Å². The van der Waals surface area contributed by atoms with Crippen molar-refractivity contribution in [1.82, 2.24) is 4.90 Å². The molecule has 102 valence electrons. The molecule has 0 fully saturated rings. The van der Waals surface area contributed by atoms with Crippen molar-refractivity contribution in [2.75, 3.05) is 13.6 Å². The first-order valence-electron chi connectivity index (χ1n) is 5.99. The highest BCUT2D eigenvalue weighted by molar-refractivity contribution is 9.10. The molecule has 1 heterocycles. The second kappa shape index (κ2) is 6.61. The number of nitrogens with zero attached hydrogens (tertiary/aromatic N) is 1. The molecule has 19 heavy (non-hydrogen) atoms. The zero-order valence-corrected chi connectivity index (χ0v) is 13.0. The number of hydrogen-bond donors (Lipinski definition) is 1. The van der Waals surface area contributed by atoms with Crippen LogP contribution in [0, 0.1) is 5.82 Å². The van der Waals surface area contributed by atoms with Crippen LogP contribution in [-0.4, -0.2) is 18.5 Å². The maximum Gasteiger partial charge on any atom is 0.129 e. The first kappa shape index (κ1) is 14.7. The monoisotopic (exact) mass is 342 g/mol. The summed E-state index contributed by atoms with van der Waals surface area (Å²) in [7, 11) is 1.97. The van der Waals surface area contributed by atoms with E-state index in [4.69, 9.17) is 5.73 Å². The Hall–Kier alpha value is -0.750. The van der Waals surface area contributed by atoms with Crippen LogP contribution in [0.1, 0.15) is 16.5 Å². The van der Waals surface area contributed by atoms with Gasteiger partial charge in [0.05, 0.1) is 0 Å². The van der Waals surface area contributed by atoms with Gasteiger partial charge in [0.25, 0.3) is 0 Å². The van der Waals surface area contributed by atoms with E-state index < -0.39 is 0 Å². The lowest BCUT2D eigenvalue weighted by Gasteiger charge is -2.27. The minimum Gasteiger partial charge on any atom is -0.329 e. The van der Waals surface area contributed by atoms with Crippen LogP contribution < -0.4 is 5.73 Å². The zero-order chi connectivity index (χ0) is 13.8. The number of rotatable bonds is 5. The van der Waals surface area contributed by atoms with Crippen molar-refractivity contribution in [2.45, 2.75) is 12.6 Å². The molecule has 2 aromatic rings. The molecule has 2 nitrogen and oxygen atoms in total. The molecule has 0 aliphatic carbocycles. The van der Waals surface area contributed by atoms with E-state index in [2.05, 4.69) is 26.9 Å². The molecule has 0 saturated heterocycles. The standard InChI is InChI=1S/C14H16BrFN2S/c1-18(9-11-3-2-6-19-11)14(8-17)12-5-4-10(15)7-13(12)16/h2-7,14H,8-9,17H2,1H3. The molecule has 0 bridgehead atoms. The summed E-state index contributed by atoms with van der Waals surface area (Å²) in [6, 6.07) is 9.10. The maximum absolute atomic E-state index is 14.0. The predicted octanol–water partition coefficient (Wildman–Crippen LogP) is 3.78. The summed E-state index contributed by atoms with van der Waals surface area (Å²) in [5.74, 6) is -0.220. The predicted molar refractivity (Wildman–Crippen MR) is 81.7 cm³/mol. The molecule has 1 atom stereocenters. The molecule has 0 saturated carbocycles. The fraction of sp³-hybridized carbons (Fsp3) is 0.286. The van der Waals surface area contributed by atoms with Crippen molar-refractivity contribution in [3.63, 3.8) is 0 Å². The zero-order valence-electron chi connectivity index (χ0n) is 10.6. The Balaban J connectivity index is 2.18. The van der Waals surface area contributed by atoms with Gasteiger partial charge in [-0.2, -0.15) is 0 Å². The van der Waals surface area contributed by atoms with E-state index in [0.717, 1.165) is 11.0 Å². The minimum absolute atomic E-state index is 0.116. The minimum atomic E-state index is -0.220. The quantitative estimate of drug-likeness (QED) is 0.895. The third-order valence-electron chi connectivity index (χ3n) is 3.06. The fourth-order valence-corrected chi connectivity index (χ4v) is 3.18. The van der Waals surface area contributed by atoms with Crippen molar-refractivity contribution in [3.8, 4) is 0 Å². The summed E-state index contributed by atoms with van der Waals surface area (Å²) >= 11 is 4.97. The summed E-state index contributed by atoms with van der Waals surface area (Å²) < 4.78 is 14.8. The maximum atomic E-state index is 14.0. The molecule has 1 unspecified atom stereocenters. The number of halogens is 2. The lowest BCUT2D eigenvalue weighted by molar-refractivity contribution is 0.238. The molecule has 0 aliphatic heterocycles. The van der Waals surface area contributed by atoms with Crippen LogP contribution in [0.3, 0.4) is 0 Å². The van der Waals surface area contributed by atoms with Gasteiger partial charge in [0.1, 0.15) is 5.82 Å². The highest BCUT2D eigenvalue weighted by atomic mass is 79.9. The van der Waals surface area contributed by atoms with E-state index in [9.17, 15) is 4.39 Å². The topological polar surface area (TPSA) is 29.3 Å². The normalized spacial score (nSPS) is 12.9. The number of nitrogens with two attached hydrogens (primary N) is 1. The summed E-state index contributed by atoms with van der Waals surface area (Å²) in [5, 5.41) is 2.04. The molecular formula is C14H16BrFN2S. The van der Waals surface area contributed by atoms with Gasteiger partial charge in [0.15, 0.2) is 0 Å². The Morgan fingerprint density at radius 2 is 2.21 bits per heavy atom. The fourth-order valence-electron chi connectivity index (χ4n) is 2.07. The summed E-state index contributed by atoms with van der Waals surface area (Å²) in [4.78, 5) is 3.33. The second-order valence-corrected chi connectivity index (χ2v) is 6.36. The van der Waals surface area contributed by atoms with Gasteiger partial charge in [-0.15, -0.1) is 11.3 Å². The molecule has 0 radical (unpaired) electrons. The van der Waals surface area contributed by atoms with Crippen molar-refractivity contribution in [1.29, 1.82) is 0 Å². The number of thiophene rings is 1. The van der Waals surface area contributed by atoms with E-state index in [-0.39, 0.29) is 11.9 Å². The van der Waals surface area contributed by atoms with Crippen LogP contribution in [0.4, 0.5) is 4.39 Å². The van der Waals surface area contributed by atoms with Crippen LogP contribution >= 0.6 is 27.3 Å². The molecule has 0 aliphatic rings. The molecule has 5 heteroatoms. The van der Waals surface area contributed by atoms with Crippen LogP contribution in [0.5, 0.6) is 0 Å². The van der Waals surface area contributed by atoms with Gasteiger partial charge in [-0.05, 0) is 30.6 Å². The van der Waals surface area contributed by atoms with Gasteiger partial charge in [-0.3, -0.25) is 4.90 Å². The second-order valence-electron chi connectivity index (χ2n) is 4.41. The molecule has 2 N–H and O–H groups in total. The van der Waals surface area contributed by atoms with Crippen LogP contribution in [-0.2, 0) is 6.54 Å². The average Bonchev–Trinajstić information content (AvgIpc) is 2.85. The molecule has 2 rings (SSSR count). The summed E-state index contributed by atoms with van der Waals surface area (Å²) in [5.41, 5.74) is 6.47. The molecular weight excluding hydrogens is 327 g/mol. The highest BCUT2D eigenvalue weighted by Crippen LogP contribution is 2.26. The number of benzene rings is 1. The number of hydrogen-bond acceptors (Lipinski definition) is 3. The summed E-state index contributed by atoms with van der Waals surface area (Å²) in [6.07, 6.45) is 0. The van der Waals surface area contributed by atoms with E-state index in [1.807, 2.05) is 24.6 Å². The Morgan fingerprint density at radius 3 is 2.79 bits per heavy atom. The Bertz CT molecular complexity index is 530. The van der Waals surface area contributed by atoms with Gasteiger partial charge < -0.3 is 5.73 Å². The average molecular weight is 343 g/mol. The Morgan fingerprint density at radius 1 is 1.42 bits per heavy atom. The molecule has 1 aromatic carbocycles. The summed E-state index contributed by atoms with van der Waals surface area (Å²) in [6.45, 7) is 1.16. The van der Waals surface area contributed by atoms with Gasteiger partial charge in [0, 0.05) is 34.0 Å². The van der Waals surface area contributed by atoms with E-state index >= 15 is 0 Å². The van der Waals surface area contributed by atoms with Gasteiger partial charge in [-0.1, -0.05) is 28.1 Å². The molecule has 0 spiro atoms. The van der Waals surface area contributed by atoms with Crippen LogP contribution in [0.15, 0.2) is 40.2 Å². The third-order valence-corrected chi connectivity index (χ3v) is 4.42. The van der Waals surface area contributed by atoms with Crippen LogP contribution in [0.25, 0.3) is 0 Å². The van der Waals surface area contributed by atoms with E-state index in [1.54, 1.807) is 17.4 Å². The smallest absolute Gasteiger partial charge is 0.129 e. The third kappa shape index (κ3) is 3.63. The van der Waals surface area contributed by atoms with Crippen molar-refractivity contribution >= 4 is 27.3 Å². The first-order chi connectivity index (χ1) is 9.11. The molecule has 0 amide bonds. The van der Waals surface area contributed by atoms with Crippen molar-refractivity contribution in [2.24, 2.45) is 5.73 Å². The number of likely N-dealkylation sites (N-methyl/N-ethyl adjacent to an activating group) is 1. The van der Waals surface area contributed by atoms with Crippen LogP contribution in [0.2, 0.25) is 0 Å². The highest BCUT2D eigenvalue weighted by Gasteiger charge is 2.19. The lowest BCUT2D eigenvalue weighted by Crippen LogP contribution is -2.30. The van der Waals surface area contributed by atoms with Gasteiger partial charge in [-0.25, -0.2) is 4.39 Å². The van der Waals surface area contributed by atoms with Gasteiger partial charge in [0.2, 0.25) is 0 Å². The lowest BCUT2D eigenvalue weighted by atomic mass is 10.1. The SMILES string of the molecule is CN(Cc1cccs1)C(CN)c1ccc(Br)cc1F. The molecule has 1 aromatic heterocycles. The largest absolute Gasteiger partial charge is 0.329 e. The Labute approximate surface area is 125 Å². The first-order valence-corrected chi connectivity index (χ1v) is 7.66. The van der Waals surface area contributed by atoms with Crippen molar-refractivity contribution < 1.29 is 4.39 Å². The van der Waals surface area contributed by atoms with Gasteiger partial charge >= 0.3 is 0 Å². The van der Waals surface area contributed by atoms with Crippen molar-refractivity contribution in [3.05, 3.63) is 56.4 Å². The van der Waals surface area contributed by atoms with E-state index in [1.165, 1.54) is 10.9 Å². The Kier molecular flexibility index (Phi) is 5.10.